The van der Waals surface area contributed by atoms with Gasteiger partial charge >= 0.3 is 13.1 Å². The number of phenols is 1. The maximum absolute atomic E-state index is 11.8. The molecule has 146 valence electrons. The molecular formula is C19H25BO6S. The lowest BCUT2D eigenvalue weighted by molar-refractivity contribution is -0.109. The summed E-state index contributed by atoms with van der Waals surface area (Å²) in [4.78, 5) is 23.3. The Morgan fingerprint density at radius 2 is 1.81 bits per heavy atom. The van der Waals surface area contributed by atoms with Crippen LogP contribution in [0.15, 0.2) is 23.7 Å². The molecule has 6 nitrogen and oxygen atoms in total. The first-order chi connectivity index (χ1) is 12.5. The largest absolute Gasteiger partial charge is 0.507 e. The molecule has 0 spiro atoms. The van der Waals surface area contributed by atoms with Gasteiger partial charge in [0, 0.05) is 12.7 Å². The molecule has 1 aromatic rings. The van der Waals surface area contributed by atoms with Crippen molar-refractivity contribution in [1.29, 1.82) is 0 Å². The Balaban J connectivity index is 2.40. The zero-order valence-corrected chi connectivity index (χ0v) is 17.3. The van der Waals surface area contributed by atoms with Crippen molar-refractivity contribution in [3.63, 3.8) is 0 Å². The maximum atomic E-state index is 11.8. The van der Waals surface area contributed by atoms with Crippen LogP contribution >= 0.6 is 11.8 Å². The smallest absolute Gasteiger partial charge is 0.491 e. The standard InChI is InChI=1S/C19H25BO6S/c1-12(21)27-11-14(20-25-18(2,3)19(4,5)26-20)9-13-7-8-16(22)15(10-13)17(23)24-6/h7-10,22H,11H2,1-6H3. The van der Waals surface area contributed by atoms with Crippen LogP contribution in [0.25, 0.3) is 6.08 Å². The second-order valence-corrected chi connectivity index (χ2v) is 8.51. The van der Waals surface area contributed by atoms with Crippen LogP contribution in [-0.4, -0.2) is 47.4 Å². The second-order valence-electron chi connectivity index (χ2n) is 7.36. The fourth-order valence-corrected chi connectivity index (χ4v) is 3.08. The summed E-state index contributed by atoms with van der Waals surface area (Å²) in [6.45, 7) is 9.33. The van der Waals surface area contributed by atoms with Gasteiger partial charge in [-0.1, -0.05) is 23.9 Å². The number of methoxy groups -OCH3 is 1. The van der Waals surface area contributed by atoms with Crippen molar-refractivity contribution in [2.45, 2.75) is 45.8 Å². The van der Waals surface area contributed by atoms with Gasteiger partial charge < -0.3 is 19.2 Å². The van der Waals surface area contributed by atoms with E-state index in [1.165, 1.54) is 26.2 Å². The molecule has 1 aromatic carbocycles. The fourth-order valence-electron chi connectivity index (χ4n) is 2.49. The first-order valence-electron chi connectivity index (χ1n) is 8.57. The minimum atomic E-state index is -0.627. The molecule has 0 bridgehead atoms. The van der Waals surface area contributed by atoms with Crippen LogP contribution in [0.2, 0.25) is 0 Å². The Bertz CT molecular complexity index is 755. The quantitative estimate of drug-likeness (QED) is 0.607. The van der Waals surface area contributed by atoms with E-state index in [1.807, 2.05) is 33.8 Å². The lowest BCUT2D eigenvalue weighted by Gasteiger charge is -2.32. The fraction of sp³-hybridized carbons (Fsp3) is 0.474. The van der Waals surface area contributed by atoms with E-state index in [4.69, 9.17) is 14.0 Å². The van der Waals surface area contributed by atoms with E-state index in [1.54, 1.807) is 6.07 Å². The van der Waals surface area contributed by atoms with Crippen LogP contribution in [0.5, 0.6) is 5.75 Å². The van der Waals surface area contributed by atoms with Gasteiger partial charge in [-0.15, -0.1) is 0 Å². The summed E-state index contributed by atoms with van der Waals surface area (Å²) in [7, 11) is 0.640. The number of thioether (sulfide) groups is 1. The number of ether oxygens (including phenoxy) is 1. The number of phenolic OH excluding ortho intramolecular Hbond substituents is 1. The third-order valence-corrected chi connectivity index (χ3v) is 5.66. The van der Waals surface area contributed by atoms with Crippen LogP contribution in [0.1, 0.15) is 50.5 Å². The van der Waals surface area contributed by atoms with E-state index in [0.29, 0.717) is 11.3 Å². The number of rotatable bonds is 5. The van der Waals surface area contributed by atoms with Crippen LogP contribution in [-0.2, 0) is 18.8 Å². The van der Waals surface area contributed by atoms with Gasteiger partial charge in [-0.25, -0.2) is 4.79 Å². The summed E-state index contributed by atoms with van der Waals surface area (Å²) >= 11 is 1.16. The molecule has 1 N–H and O–H groups in total. The predicted molar refractivity (Wildman–Crippen MR) is 107 cm³/mol. The van der Waals surface area contributed by atoms with Gasteiger partial charge in [0.25, 0.3) is 0 Å². The van der Waals surface area contributed by atoms with Gasteiger partial charge in [-0.05, 0) is 50.9 Å². The number of aromatic hydroxyl groups is 1. The Kier molecular flexibility index (Phi) is 6.45. The Hall–Kier alpha value is -1.77. The third kappa shape index (κ3) is 4.94. The minimum absolute atomic E-state index is 0.0154. The average molecular weight is 392 g/mol. The number of hydrogen-bond donors (Lipinski definition) is 1. The summed E-state index contributed by atoms with van der Waals surface area (Å²) in [5, 5.41) is 9.86. The predicted octanol–water partition coefficient (Wildman–Crippen LogP) is 3.47. The molecule has 1 aliphatic heterocycles. The minimum Gasteiger partial charge on any atom is -0.507 e. The third-order valence-electron chi connectivity index (χ3n) is 4.78. The normalized spacial score (nSPS) is 18.4. The summed E-state index contributed by atoms with van der Waals surface area (Å²) in [6.07, 6.45) is 1.81. The number of benzene rings is 1. The van der Waals surface area contributed by atoms with Gasteiger partial charge in [0.15, 0.2) is 5.12 Å². The molecule has 1 heterocycles. The molecular weight excluding hydrogens is 367 g/mol. The summed E-state index contributed by atoms with van der Waals surface area (Å²) in [6, 6.07) is 4.63. The highest BCUT2D eigenvalue weighted by molar-refractivity contribution is 8.13. The van der Waals surface area contributed by atoms with Crippen LogP contribution < -0.4 is 0 Å². The van der Waals surface area contributed by atoms with Gasteiger partial charge in [-0.2, -0.15) is 0 Å². The molecule has 1 saturated heterocycles. The molecule has 0 radical (unpaired) electrons. The Morgan fingerprint density at radius 3 is 2.33 bits per heavy atom. The van der Waals surface area contributed by atoms with Crippen molar-refractivity contribution >= 4 is 36.0 Å². The topological polar surface area (TPSA) is 82.1 Å². The van der Waals surface area contributed by atoms with E-state index in [9.17, 15) is 14.7 Å². The zero-order valence-electron chi connectivity index (χ0n) is 16.5. The molecule has 0 amide bonds. The number of carbonyl (C=O) groups is 2. The highest BCUT2D eigenvalue weighted by atomic mass is 32.2. The van der Waals surface area contributed by atoms with Crippen molar-refractivity contribution in [2.75, 3.05) is 12.9 Å². The van der Waals surface area contributed by atoms with E-state index in [-0.39, 0.29) is 16.4 Å². The van der Waals surface area contributed by atoms with Crippen molar-refractivity contribution in [1.82, 2.24) is 0 Å². The number of carbonyl (C=O) groups excluding carboxylic acids is 2. The molecule has 1 aliphatic rings. The summed E-state index contributed by atoms with van der Waals surface area (Å²) in [5.41, 5.74) is 0.476. The van der Waals surface area contributed by atoms with Gasteiger partial charge in [0.05, 0.1) is 18.3 Å². The number of esters is 1. The SMILES string of the molecule is COC(=O)c1cc(C=C(CSC(C)=O)B2OC(C)(C)C(C)(C)O2)ccc1O. The molecule has 8 heteroatoms. The van der Waals surface area contributed by atoms with Gasteiger partial charge in [-0.3, -0.25) is 4.79 Å². The molecule has 0 aromatic heterocycles. The van der Waals surface area contributed by atoms with Crippen molar-refractivity contribution in [3.05, 3.63) is 34.8 Å². The zero-order chi connectivity index (χ0) is 20.4. The number of hydrogen-bond acceptors (Lipinski definition) is 7. The second kappa shape index (κ2) is 8.08. The van der Waals surface area contributed by atoms with Gasteiger partial charge in [0.2, 0.25) is 0 Å². The lowest BCUT2D eigenvalue weighted by Crippen LogP contribution is -2.41. The molecule has 2 rings (SSSR count). The van der Waals surface area contributed by atoms with Crippen molar-refractivity contribution < 1.29 is 28.7 Å². The average Bonchev–Trinajstić information content (AvgIpc) is 2.79. The molecule has 1 fully saturated rings. The first kappa shape index (κ1) is 21.5. The van der Waals surface area contributed by atoms with Crippen LogP contribution in [0.4, 0.5) is 0 Å². The van der Waals surface area contributed by atoms with E-state index in [0.717, 1.165) is 17.2 Å². The van der Waals surface area contributed by atoms with Gasteiger partial charge in [0.1, 0.15) is 11.3 Å². The Labute approximate surface area is 164 Å². The van der Waals surface area contributed by atoms with E-state index >= 15 is 0 Å². The highest BCUT2D eigenvalue weighted by Gasteiger charge is 2.52. The first-order valence-corrected chi connectivity index (χ1v) is 9.56. The molecule has 0 saturated carbocycles. The molecule has 0 aliphatic carbocycles. The molecule has 27 heavy (non-hydrogen) atoms. The van der Waals surface area contributed by atoms with E-state index in [2.05, 4.69) is 0 Å². The van der Waals surface area contributed by atoms with Crippen LogP contribution in [0, 0.1) is 0 Å². The Morgan fingerprint density at radius 1 is 1.22 bits per heavy atom. The molecule has 0 unspecified atom stereocenters. The van der Waals surface area contributed by atoms with E-state index < -0.39 is 24.3 Å². The monoisotopic (exact) mass is 392 g/mol. The van der Waals surface area contributed by atoms with Crippen LogP contribution in [0.3, 0.4) is 0 Å². The maximum Gasteiger partial charge on any atom is 0.491 e. The van der Waals surface area contributed by atoms with Crippen molar-refractivity contribution in [2.24, 2.45) is 0 Å². The lowest BCUT2D eigenvalue weighted by atomic mass is 9.78. The molecule has 0 atom stereocenters. The highest BCUT2D eigenvalue weighted by Crippen LogP contribution is 2.39. The summed E-state index contributed by atoms with van der Waals surface area (Å²) in [5.74, 6) is -0.395. The summed E-state index contributed by atoms with van der Waals surface area (Å²) < 4.78 is 16.9. The van der Waals surface area contributed by atoms with Crippen molar-refractivity contribution in [3.8, 4) is 5.75 Å².